The van der Waals surface area contributed by atoms with Crippen molar-refractivity contribution in [1.82, 2.24) is 4.90 Å². The van der Waals surface area contributed by atoms with Crippen LogP contribution in [-0.4, -0.2) is 42.9 Å². The van der Waals surface area contributed by atoms with Gasteiger partial charge in [0.15, 0.2) is 11.5 Å². The van der Waals surface area contributed by atoms with Crippen LogP contribution >= 0.6 is 0 Å². The summed E-state index contributed by atoms with van der Waals surface area (Å²) in [6, 6.07) is 5.58. The second-order valence-electron chi connectivity index (χ2n) is 4.97. The van der Waals surface area contributed by atoms with E-state index in [0.717, 1.165) is 31.6 Å². The van der Waals surface area contributed by atoms with Crippen LogP contribution in [0.25, 0.3) is 0 Å². The van der Waals surface area contributed by atoms with Gasteiger partial charge in [0.2, 0.25) is 0 Å². The van der Waals surface area contributed by atoms with E-state index in [1.807, 2.05) is 19.1 Å². The number of nitrogens with zero attached hydrogens (tertiary/aromatic N) is 1. The van der Waals surface area contributed by atoms with E-state index >= 15 is 0 Å². The van der Waals surface area contributed by atoms with Crippen LogP contribution in [-0.2, 0) is 11.3 Å². The molecule has 1 aromatic carbocycles. The standard InChI is InChI=1S/C15H23NO3/c1-3-19-15-9-12(6-7-14(15)17)10-16-8-4-5-13(11-16)18-2/h6-7,9,13,17H,3-5,8,10-11H2,1-2H3. The van der Waals surface area contributed by atoms with E-state index in [0.29, 0.717) is 18.5 Å². The topological polar surface area (TPSA) is 41.9 Å². The van der Waals surface area contributed by atoms with Gasteiger partial charge in [-0.25, -0.2) is 0 Å². The first-order chi connectivity index (χ1) is 9.22. The Morgan fingerprint density at radius 1 is 1.42 bits per heavy atom. The highest BCUT2D eigenvalue weighted by Gasteiger charge is 2.19. The normalized spacial score (nSPS) is 20.4. The van der Waals surface area contributed by atoms with E-state index in [2.05, 4.69) is 4.90 Å². The van der Waals surface area contributed by atoms with Crippen LogP contribution in [0.3, 0.4) is 0 Å². The van der Waals surface area contributed by atoms with E-state index in [1.54, 1.807) is 13.2 Å². The van der Waals surface area contributed by atoms with Gasteiger partial charge in [-0.05, 0) is 44.0 Å². The molecule has 1 aliphatic heterocycles. The summed E-state index contributed by atoms with van der Waals surface area (Å²) in [7, 11) is 1.78. The first-order valence-electron chi connectivity index (χ1n) is 6.92. The third kappa shape index (κ3) is 3.85. The highest BCUT2D eigenvalue weighted by Crippen LogP contribution is 2.27. The molecule has 2 rings (SSSR count). The molecule has 0 spiro atoms. The van der Waals surface area contributed by atoms with Crippen LogP contribution in [0.2, 0.25) is 0 Å². The van der Waals surface area contributed by atoms with Crippen molar-refractivity contribution in [2.24, 2.45) is 0 Å². The van der Waals surface area contributed by atoms with Crippen molar-refractivity contribution in [3.63, 3.8) is 0 Å². The Hall–Kier alpha value is -1.26. The van der Waals surface area contributed by atoms with Crippen LogP contribution < -0.4 is 4.74 Å². The number of hydrogen-bond donors (Lipinski definition) is 1. The van der Waals surface area contributed by atoms with Crippen LogP contribution in [0.4, 0.5) is 0 Å². The fraction of sp³-hybridized carbons (Fsp3) is 0.600. The molecule has 106 valence electrons. The van der Waals surface area contributed by atoms with Crippen LogP contribution in [0.15, 0.2) is 18.2 Å². The first kappa shape index (κ1) is 14.2. The number of rotatable bonds is 5. The van der Waals surface area contributed by atoms with Crippen molar-refractivity contribution >= 4 is 0 Å². The van der Waals surface area contributed by atoms with Crippen molar-refractivity contribution in [2.45, 2.75) is 32.4 Å². The second-order valence-corrected chi connectivity index (χ2v) is 4.97. The molecule has 1 heterocycles. The lowest BCUT2D eigenvalue weighted by atomic mass is 10.1. The summed E-state index contributed by atoms with van der Waals surface area (Å²) in [5, 5.41) is 9.69. The van der Waals surface area contributed by atoms with Crippen molar-refractivity contribution in [2.75, 3.05) is 26.8 Å². The van der Waals surface area contributed by atoms with Gasteiger partial charge in [0.1, 0.15) is 0 Å². The van der Waals surface area contributed by atoms with Crippen molar-refractivity contribution in [1.29, 1.82) is 0 Å². The van der Waals surface area contributed by atoms with Gasteiger partial charge in [-0.15, -0.1) is 0 Å². The average molecular weight is 265 g/mol. The number of piperidine rings is 1. The molecule has 0 amide bonds. The molecule has 0 aromatic heterocycles. The zero-order chi connectivity index (χ0) is 13.7. The lowest BCUT2D eigenvalue weighted by Gasteiger charge is -2.31. The Morgan fingerprint density at radius 3 is 3.00 bits per heavy atom. The number of ether oxygens (including phenoxy) is 2. The van der Waals surface area contributed by atoms with Gasteiger partial charge in [-0.3, -0.25) is 4.90 Å². The number of aromatic hydroxyl groups is 1. The van der Waals surface area contributed by atoms with Gasteiger partial charge in [-0.1, -0.05) is 6.07 Å². The van der Waals surface area contributed by atoms with Gasteiger partial charge in [-0.2, -0.15) is 0 Å². The van der Waals surface area contributed by atoms with Crippen molar-refractivity contribution in [3.8, 4) is 11.5 Å². The predicted octanol–water partition coefficient (Wildman–Crippen LogP) is 2.40. The Morgan fingerprint density at radius 2 is 2.26 bits per heavy atom. The minimum Gasteiger partial charge on any atom is -0.504 e. The molecule has 1 unspecified atom stereocenters. The maximum absolute atomic E-state index is 9.69. The SMILES string of the molecule is CCOc1cc(CN2CCCC(OC)C2)ccc1O. The quantitative estimate of drug-likeness (QED) is 0.887. The monoisotopic (exact) mass is 265 g/mol. The molecule has 0 radical (unpaired) electrons. The molecule has 0 aliphatic carbocycles. The summed E-state index contributed by atoms with van der Waals surface area (Å²) < 4.78 is 10.8. The Bertz CT molecular complexity index is 408. The minimum atomic E-state index is 0.207. The maximum Gasteiger partial charge on any atom is 0.161 e. The zero-order valence-electron chi connectivity index (χ0n) is 11.8. The summed E-state index contributed by atoms with van der Waals surface area (Å²) in [6.45, 7) is 5.43. The van der Waals surface area contributed by atoms with E-state index in [9.17, 15) is 5.11 Å². The van der Waals surface area contributed by atoms with Crippen molar-refractivity contribution in [3.05, 3.63) is 23.8 Å². The van der Waals surface area contributed by atoms with Gasteiger partial charge in [0, 0.05) is 20.2 Å². The molecule has 1 N–H and O–H groups in total. The summed E-state index contributed by atoms with van der Waals surface area (Å²) in [6.07, 6.45) is 2.67. The number of phenols is 1. The molecule has 4 heteroatoms. The van der Waals surface area contributed by atoms with Gasteiger partial charge in [0.25, 0.3) is 0 Å². The fourth-order valence-corrected chi connectivity index (χ4v) is 2.54. The Labute approximate surface area is 114 Å². The third-order valence-electron chi connectivity index (χ3n) is 3.53. The highest BCUT2D eigenvalue weighted by atomic mass is 16.5. The predicted molar refractivity (Wildman–Crippen MR) is 74.6 cm³/mol. The Balaban J connectivity index is 2.00. The van der Waals surface area contributed by atoms with Crippen LogP contribution in [0.1, 0.15) is 25.3 Å². The first-order valence-corrected chi connectivity index (χ1v) is 6.92. The highest BCUT2D eigenvalue weighted by molar-refractivity contribution is 5.41. The number of phenolic OH excluding ortho intramolecular Hbond substituents is 1. The molecular weight excluding hydrogens is 242 g/mol. The smallest absolute Gasteiger partial charge is 0.161 e. The molecule has 1 aromatic rings. The van der Waals surface area contributed by atoms with E-state index < -0.39 is 0 Å². The van der Waals surface area contributed by atoms with Gasteiger partial charge < -0.3 is 14.6 Å². The lowest BCUT2D eigenvalue weighted by Crippen LogP contribution is -2.38. The number of likely N-dealkylation sites (tertiary alicyclic amines) is 1. The maximum atomic E-state index is 9.69. The summed E-state index contributed by atoms with van der Waals surface area (Å²) in [5.74, 6) is 0.777. The minimum absolute atomic E-state index is 0.207. The van der Waals surface area contributed by atoms with E-state index in [4.69, 9.17) is 9.47 Å². The largest absolute Gasteiger partial charge is 0.504 e. The van der Waals surface area contributed by atoms with E-state index in [-0.39, 0.29) is 5.75 Å². The fourth-order valence-electron chi connectivity index (χ4n) is 2.54. The molecule has 1 fully saturated rings. The van der Waals surface area contributed by atoms with Gasteiger partial charge >= 0.3 is 0 Å². The lowest BCUT2D eigenvalue weighted by molar-refractivity contribution is 0.0285. The molecule has 19 heavy (non-hydrogen) atoms. The molecule has 1 atom stereocenters. The molecule has 4 nitrogen and oxygen atoms in total. The second kappa shape index (κ2) is 6.78. The number of hydrogen-bond acceptors (Lipinski definition) is 4. The third-order valence-corrected chi connectivity index (χ3v) is 3.53. The number of benzene rings is 1. The Kier molecular flexibility index (Phi) is 5.05. The van der Waals surface area contributed by atoms with Gasteiger partial charge in [0.05, 0.1) is 12.7 Å². The summed E-state index contributed by atoms with van der Waals surface area (Å²) in [4.78, 5) is 2.39. The number of methoxy groups -OCH3 is 1. The molecule has 1 aliphatic rings. The van der Waals surface area contributed by atoms with E-state index in [1.165, 1.54) is 6.42 Å². The summed E-state index contributed by atoms with van der Waals surface area (Å²) >= 11 is 0. The molecule has 0 bridgehead atoms. The molecule has 1 saturated heterocycles. The molecule has 0 saturated carbocycles. The van der Waals surface area contributed by atoms with Crippen molar-refractivity contribution < 1.29 is 14.6 Å². The molecular formula is C15H23NO3. The summed E-state index contributed by atoms with van der Waals surface area (Å²) in [5.41, 5.74) is 1.16. The van der Waals surface area contributed by atoms with Crippen LogP contribution in [0.5, 0.6) is 11.5 Å². The average Bonchev–Trinajstić information content (AvgIpc) is 2.43. The van der Waals surface area contributed by atoms with Crippen LogP contribution in [0, 0.1) is 0 Å². The zero-order valence-corrected chi connectivity index (χ0v) is 11.8.